The summed E-state index contributed by atoms with van der Waals surface area (Å²) in [6.07, 6.45) is 7.75. The summed E-state index contributed by atoms with van der Waals surface area (Å²) in [7, 11) is 0. The van der Waals surface area contributed by atoms with Gasteiger partial charge in [-0.3, -0.25) is 4.68 Å². The molecule has 0 aliphatic rings. The highest BCUT2D eigenvalue weighted by atomic mass is 15.3. The minimum atomic E-state index is 0.556. The fourth-order valence-electron chi connectivity index (χ4n) is 2.56. The summed E-state index contributed by atoms with van der Waals surface area (Å²) in [5.41, 5.74) is 1.16. The maximum absolute atomic E-state index is 4.47. The highest BCUT2D eigenvalue weighted by Gasteiger charge is 2.11. The zero-order valence-corrected chi connectivity index (χ0v) is 14.6. The second-order valence-corrected chi connectivity index (χ2v) is 6.02. The average Bonchev–Trinajstić information content (AvgIpc) is 2.95. The lowest BCUT2D eigenvalue weighted by molar-refractivity contribution is 0.285. The Bertz CT molecular complexity index is 371. The summed E-state index contributed by atoms with van der Waals surface area (Å²) in [5.74, 6) is 0.778. The molecule has 4 nitrogen and oxygen atoms in total. The van der Waals surface area contributed by atoms with Gasteiger partial charge in [0, 0.05) is 18.8 Å². The molecule has 1 aromatic heterocycles. The number of hydrogen-bond acceptors (Lipinski definition) is 3. The van der Waals surface area contributed by atoms with E-state index in [9.17, 15) is 0 Å². The van der Waals surface area contributed by atoms with Crippen LogP contribution in [0.15, 0.2) is 12.4 Å². The minimum absolute atomic E-state index is 0.556. The summed E-state index contributed by atoms with van der Waals surface area (Å²) < 4.78 is 2.05. The molecule has 0 amide bonds. The van der Waals surface area contributed by atoms with Gasteiger partial charge in [0.05, 0.1) is 18.4 Å². The Morgan fingerprint density at radius 2 is 1.90 bits per heavy atom. The summed E-state index contributed by atoms with van der Waals surface area (Å²) in [5, 5.41) is 8.10. The summed E-state index contributed by atoms with van der Waals surface area (Å²) in [6, 6.07) is 0.556. The molecule has 0 saturated heterocycles. The van der Waals surface area contributed by atoms with Crippen LogP contribution in [-0.2, 0) is 6.54 Å². The third kappa shape index (κ3) is 6.51. The number of rotatable bonds is 11. The summed E-state index contributed by atoms with van der Waals surface area (Å²) >= 11 is 0. The summed E-state index contributed by atoms with van der Waals surface area (Å²) in [4.78, 5) is 2.42. The van der Waals surface area contributed by atoms with Crippen LogP contribution < -0.4 is 5.32 Å². The predicted molar refractivity (Wildman–Crippen MR) is 91.8 cm³/mol. The number of nitrogens with one attached hydrogen (secondary N) is 1. The molecule has 0 fully saturated rings. The van der Waals surface area contributed by atoms with E-state index in [1.165, 1.54) is 12.8 Å². The molecule has 1 heterocycles. The third-order valence-electron chi connectivity index (χ3n) is 4.42. The number of hydrogen-bond donors (Lipinski definition) is 1. The molecule has 0 radical (unpaired) electrons. The largest absolute Gasteiger partial charge is 0.380 e. The van der Waals surface area contributed by atoms with Crippen LogP contribution in [-0.4, -0.2) is 40.4 Å². The lowest BCUT2D eigenvalue weighted by Crippen LogP contribution is -2.27. The van der Waals surface area contributed by atoms with Crippen molar-refractivity contribution in [3.8, 4) is 0 Å². The first-order valence-corrected chi connectivity index (χ1v) is 8.64. The average molecular weight is 294 g/mol. The number of aromatic nitrogens is 2. The number of likely N-dealkylation sites (N-methyl/N-ethyl adjacent to an activating group) is 1. The fraction of sp³-hybridized carbons (Fsp3) is 0.824. The first-order valence-electron chi connectivity index (χ1n) is 8.64. The van der Waals surface area contributed by atoms with Crippen LogP contribution in [0.1, 0.15) is 53.9 Å². The molecular formula is C17H34N4. The molecular weight excluding hydrogens is 260 g/mol. The van der Waals surface area contributed by atoms with Crippen molar-refractivity contribution in [2.75, 3.05) is 25.0 Å². The molecule has 21 heavy (non-hydrogen) atoms. The molecule has 1 rings (SSSR count). The topological polar surface area (TPSA) is 33.1 Å². The Kier molecular flexibility index (Phi) is 8.43. The van der Waals surface area contributed by atoms with Gasteiger partial charge in [-0.2, -0.15) is 5.10 Å². The molecule has 2 unspecified atom stereocenters. The van der Waals surface area contributed by atoms with Gasteiger partial charge in [0.25, 0.3) is 0 Å². The minimum Gasteiger partial charge on any atom is -0.380 e. The first kappa shape index (κ1) is 18.0. The van der Waals surface area contributed by atoms with E-state index >= 15 is 0 Å². The maximum atomic E-state index is 4.47. The molecule has 0 aliphatic heterocycles. The van der Waals surface area contributed by atoms with Crippen molar-refractivity contribution in [2.24, 2.45) is 5.92 Å². The van der Waals surface area contributed by atoms with Crippen molar-refractivity contribution >= 4 is 5.69 Å². The van der Waals surface area contributed by atoms with Crippen molar-refractivity contribution in [1.82, 2.24) is 14.7 Å². The van der Waals surface area contributed by atoms with Crippen LogP contribution in [0.5, 0.6) is 0 Å². The van der Waals surface area contributed by atoms with Gasteiger partial charge in [-0.05, 0) is 31.8 Å². The van der Waals surface area contributed by atoms with E-state index in [2.05, 4.69) is 60.8 Å². The predicted octanol–water partition coefficient (Wildman–Crippen LogP) is 3.85. The van der Waals surface area contributed by atoms with Crippen molar-refractivity contribution < 1.29 is 0 Å². The van der Waals surface area contributed by atoms with Crippen LogP contribution in [0.3, 0.4) is 0 Å². The van der Waals surface area contributed by atoms with Crippen molar-refractivity contribution in [3.05, 3.63) is 12.4 Å². The number of anilines is 1. The smallest absolute Gasteiger partial charge is 0.0728 e. The van der Waals surface area contributed by atoms with E-state index in [0.717, 1.165) is 44.2 Å². The van der Waals surface area contributed by atoms with Gasteiger partial charge in [-0.25, -0.2) is 0 Å². The molecule has 0 saturated carbocycles. The van der Waals surface area contributed by atoms with Gasteiger partial charge < -0.3 is 10.2 Å². The zero-order valence-electron chi connectivity index (χ0n) is 14.6. The normalized spacial score (nSPS) is 14.4. The van der Waals surface area contributed by atoms with Gasteiger partial charge in [-0.15, -0.1) is 0 Å². The molecule has 1 N–H and O–H groups in total. The Morgan fingerprint density at radius 1 is 1.19 bits per heavy atom. The fourth-order valence-corrected chi connectivity index (χ4v) is 2.56. The summed E-state index contributed by atoms with van der Waals surface area (Å²) in [6.45, 7) is 15.5. The third-order valence-corrected chi connectivity index (χ3v) is 4.42. The van der Waals surface area contributed by atoms with Gasteiger partial charge in [0.2, 0.25) is 0 Å². The molecule has 0 aromatic carbocycles. The van der Waals surface area contributed by atoms with Gasteiger partial charge >= 0.3 is 0 Å². The SMILES string of the molecule is CCC(C)CC(CC)Nc1cnn(CCN(CC)CC)c1. The second-order valence-electron chi connectivity index (χ2n) is 6.02. The van der Waals surface area contributed by atoms with Crippen molar-refractivity contribution in [1.29, 1.82) is 0 Å². The van der Waals surface area contributed by atoms with Crippen LogP contribution in [0.25, 0.3) is 0 Å². The van der Waals surface area contributed by atoms with Crippen LogP contribution in [0.4, 0.5) is 5.69 Å². The van der Waals surface area contributed by atoms with Crippen molar-refractivity contribution in [2.45, 2.75) is 66.5 Å². The van der Waals surface area contributed by atoms with E-state index in [1.54, 1.807) is 0 Å². The lowest BCUT2D eigenvalue weighted by Gasteiger charge is -2.20. The van der Waals surface area contributed by atoms with Gasteiger partial charge in [-0.1, -0.05) is 41.0 Å². The zero-order chi connectivity index (χ0) is 15.7. The highest BCUT2D eigenvalue weighted by molar-refractivity contribution is 5.39. The molecule has 1 aromatic rings. The van der Waals surface area contributed by atoms with E-state index in [0.29, 0.717) is 6.04 Å². The molecule has 2 atom stereocenters. The maximum Gasteiger partial charge on any atom is 0.0728 e. The van der Waals surface area contributed by atoms with Crippen LogP contribution in [0, 0.1) is 5.92 Å². The van der Waals surface area contributed by atoms with Crippen molar-refractivity contribution in [3.63, 3.8) is 0 Å². The van der Waals surface area contributed by atoms with Gasteiger partial charge in [0.15, 0.2) is 0 Å². The van der Waals surface area contributed by atoms with E-state index in [-0.39, 0.29) is 0 Å². The Labute approximate surface area is 130 Å². The molecule has 0 spiro atoms. The van der Waals surface area contributed by atoms with Crippen LogP contribution >= 0.6 is 0 Å². The monoisotopic (exact) mass is 294 g/mol. The highest BCUT2D eigenvalue weighted by Crippen LogP contribution is 2.16. The van der Waals surface area contributed by atoms with E-state index < -0.39 is 0 Å². The quantitative estimate of drug-likeness (QED) is 0.673. The Hall–Kier alpha value is -1.03. The Morgan fingerprint density at radius 3 is 2.48 bits per heavy atom. The number of nitrogens with zero attached hydrogens (tertiary/aromatic N) is 3. The standard InChI is InChI=1S/C17H34N4/c1-6-15(5)12-16(7-2)19-17-13-18-21(14-17)11-10-20(8-3)9-4/h13-16,19H,6-12H2,1-5H3. The van der Waals surface area contributed by atoms with E-state index in [4.69, 9.17) is 0 Å². The molecule has 122 valence electrons. The molecule has 0 bridgehead atoms. The molecule has 4 heteroatoms. The van der Waals surface area contributed by atoms with E-state index in [1.807, 2.05) is 6.20 Å². The second kappa shape index (κ2) is 9.82. The lowest BCUT2D eigenvalue weighted by atomic mass is 9.98. The molecule has 0 aliphatic carbocycles. The Balaban J connectivity index is 2.46. The van der Waals surface area contributed by atoms with Crippen LogP contribution in [0.2, 0.25) is 0 Å². The van der Waals surface area contributed by atoms with Gasteiger partial charge in [0.1, 0.15) is 0 Å². The first-order chi connectivity index (χ1) is 10.1.